The molecule has 0 aromatic heterocycles. The predicted octanol–water partition coefficient (Wildman–Crippen LogP) is 6.22. The minimum Gasteiger partial charge on any atom is -0.444 e. The molecule has 4 aliphatic rings. The fraction of sp³-hybridized carbons (Fsp3) is 0.583. The summed E-state index contributed by atoms with van der Waals surface area (Å²) in [6.45, 7) is 15.1. The second-order valence-corrected chi connectivity index (χ2v) is 15.0. The standard InChI is InChI=1S/C18H24N2O3.C18H26N2O2/c1-17(2,3)23-16(22)20-11-9-18(10-12-20)14(19-15(18)21)13-7-5-4-6-8-13;1-17(2,3)22-16(21)20-11-9-18(10-12-20)13-19-15(18)14-7-5-4-6-8-14/h4-8,14H,9-12H2,1-3H3,(H,19,21);4-8,15,19H,9-13H2,1-3H3. The molecule has 2 N–H and O–H groups in total. The SMILES string of the molecule is CC(C)(C)OC(=O)N1CCC2(CC1)C(=O)NC2c1ccccc1.CC(C)(C)OC(=O)N1CCC2(CC1)CNC2c1ccccc1. The molecule has 4 fully saturated rings. The van der Waals surface area contributed by atoms with E-state index in [0.717, 1.165) is 38.0 Å². The Labute approximate surface area is 268 Å². The Bertz CT molecular complexity index is 1330. The predicted molar refractivity (Wildman–Crippen MR) is 173 cm³/mol. The largest absolute Gasteiger partial charge is 0.444 e. The van der Waals surface area contributed by atoms with Crippen LogP contribution in [0.3, 0.4) is 0 Å². The molecule has 0 radical (unpaired) electrons. The van der Waals surface area contributed by atoms with Gasteiger partial charge in [0.2, 0.25) is 5.91 Å². The Balaban J connectivity index is 0.000000178. The lowest BCUT2D eigenvalue weighted by molar-refractivity contribution is -0.151. The van der Waals surface area contributed by atoms with E-state index in [0.29, 0.717) is 37.4 Å². The van der Waals surface area contributed by atoms with Gasteiger partial charge in [-0.25, -0.2) is 9.59 Å². The molecule has 4 aliphatic heterocycles. The molecular formula is C36H50N4O5. The Morgan fingerprint density at radius 1 is 0.689 bits per heavy atom. The maximum Gasteiger partial charge on any atom is 0.410 e. The van der Waals surface area contributed by atoms with E-state index in [1.165, 1.54) is 5.56 Å². The number of nitrogens with zero attached hydrogens (tertiary/aromatic N) is 2. The normalized spacial score (nSPS) is 23.6. The zero-order valence-electron chi connectivity index (χ0n) is 27.7. The van der Waals surface area contributed by atoms with Crippen LogP contribution in [0, 0.1) is 10.8 Å². The van der Waals surface area contributed by atoms with Crippen molar-refractivity contribution in [1.82, 2.24) is 20.4 Å². The number of amides is 3. The number of rotatable bonds is 2. The molecule has 9 heteroatoms. The highest BCUT2D eigenvalue weighted by Gasteiger charge is 2.57. The summed E-state index contributed by atoms with van der Waals surface area (Å²) in [6.07, 6.45) is 2.97. The van der Waals surface area contributed by atoms with Crippen LogP contribution >= 0.6 is 0 Å². The van der Waals surface area contributed by atoms with Crippen molar-refractivity contribution in [2.75, 3.05) is 32.7 Å². The third-order valence-electron chi connectivity index (χ3n) is 9.53. The third kappa shape index (κ3) is 7.29. The first-order chi connectivity index (χ1) is 21.2. The molecule has 2 aromatic rings. The van der Waals surface area contributed by atoms with E-state index in [9.17, 15) is 14.4 Å². The number of ether oxygens (including phenoxy) is 2. The highest BCUT2D eigenvalue weighted by Crippen LogP contribution is 2.50. The molecule has 6 rings (SSSR count). The van der Waals surface area contributed by atoms with Crippen LogP contribution in [0.15, 0.2) is 60.7 Å². The number of nitrogens with one attached hydrogen (secondary N) is 2. The summed E-state index contributed by atoms with van der Waals surface area (Å²) in [5.74, 6) is 0.107. The van der Waals surface area contributed by atoms with Gasteiger partial charge in [0.15, 0.2) is 0 Å². The minimum atomic E-state index is -0.493. The Hall–Kier alpha value is -3.59. The number of β-lactam (4-membered cyclic amide) rings is 1. The highest BCUT2D eigenvalue weighted by atomic mass is 16.6. The van der Waals surface area contributed by atoms with Gasteiger partial charge in [0.25, 0.3) is 0 Å². The number of likely N-dealkylation sites (tertiary alicyclic amines) is 2. The number of benzene rings is 2. The van der Waals surface area contributed by atoms with E-state index in [2.05, 4.69) is 41.0 Å². The van der Waals surface area contributed by atoms with Crippen LogP contribution in [-0.4, -0.2) is 71.8 Å². The van der Waals surface area contributed by atoms with Gasteiger partial charge in [-0.1, -0.05) is 60.7 Å². The smallest absolute Gasteiger partial charge is 0.410 e. The summed E-state index contributed by atoms with van der Waals surface area (Å²) >= 11 is 0. The maximum absolute atomic E-state index is 12.3. The summed E-state index contributed by atoms with van der Waals surface area (Å²) in [6, 6.07) is 21.2. The number of hydrogen-bond donors (Lipinski definition) is 2. The van der Waals surface area contributed by atoms with Crippen molar-refractivity contribution in [3.05, 3.63) is 71.8 Å². The third-order valence-corrected chi connectivity index (χ3v) is 9.53. The molecule has 4 heterocycles. The van der Waals surface area contributed by atoms with Gasteiger partial charge < -0.3 is 29.9 Å². The van der Waals surface area contributed by atoms with Gasteiger partial charge in [-0.3, -0.25) is 4.79 Å². The molecule has 0 aliphatic carbocycles. The van der Waals surface area contributed by atoms with Crippen LogP contribution in [0.25, 0.3) is 0 Å². The Morgan fingerprint density at radius 2 is 1.11 bits per heavy atom. The summed E-state index contributed by atoms with van der Waals surface area (Å²) in [4.78, 5) is 40.2. The lowest BCUT2D eigenvalue weighted by Gasteiger charge is -2.54. The van der Waals surface area contributed by atoms with E-state index in [-0.39, 0.29) is 29.6 Å². The van der Waals surface area contributed by atoms with Crippen molar-refractivity contribution >= 4 is 18.1 Å². The minimum absolute atomic E-state index is 0.0528. The summed E-state index contributed by atoms with van der Waals surface area (Å²) < 4.78 is 10.9. The number of carbonyl (C=O) groups excluding carboxylic acids is 3. The van der Waals surface area contributed by atoms with Crippen LogP contribution in [0.5, 0.6) is 0 Å². The van der Waals surface area contributed by atoms with Gasteiger partial charge in [-0.05, 0) is 78.4 Å². The number of carbonyl (C=O) groups is 3. The topological polar surface area (TPSA) is 100 Å². The molecule has 2 aromatic carbocycles. The van der Waals surface area contributed by atoms with E-state index in [1.807, 2.05) is 76.8 Å². The number of hydrogen-bond acceptors (Lipinski definition) is 6. The van der Waals surface area contributed by atoms with Gasteiger partial charge in [-0.2, -0.15) is 0 Å². The highest BCUT2D eigenvalue weighted by molar-refractivity contribution is 5.91. The van der Waals surface area contributed by atoms with Crippen LogP contribution in [0.4, 0.5) is 9.59 Å². The van der Waals surface area contributed by atoms with Crippen molar-refractivity contribution in [2.45, 2.75) is 90.5 Å². The molecule has 45 heavy (non-hydrogen) atoms. The molecule has 3 amide bonds. The van der Waals surface area contributed by atoms with Gasteiger partial charge in [0.05, 0.1) is 11.5 Å². The van der Waals surface area contributed by atoms with Crippen LogP contribution in [0.2, 0.25) is 0 Å². The van der Waals surface area contributed by atoms with Crippen molar-refractivity contribution in [1.29, 1.82) is 0 Å². The monoisotopic (exact) mass is 618 g/mol. The molecule has 0 bridgehead atoms. The first kappa shape index (κ1) is 32.8. The van der Waals surface area contributed by atoms with E-state index in [4.69, 9.17) is 9.47 Å². The zero-order chi connectivity index (χ0) is 32.5. The second-order valence-electron chi connectivity index (χ2n) is 15.0. The van der Waals surface area contributed by atoms with Crippen molar-refractivity contribution in [3.8, 4) is 0 Å². The Kier molecular flexibility index (Phi) is 9.23. The van der Waals surface area contributed by atoms with Crippen LogP contribution in [-0.2, 0) is 14.3 Å². The molecule has 2 atom stereocenters. The van der Waals surface area contributed by atoms with E-state index in [1.54, 1.807) is 4.90 Å². The van der Waals surface area contributed by atoms with Gasteiger partial charge in [0.1, 0.15) is 11.2 Å². The molecule has 244 valence electrons. The first-order valence-corrected chi connectivity index (χ1v) is 16.3. The molecule has 2 unspecified atom stereocenters. The average Bonchev–Trinajstić information content (AvgIpc) is 2.99. The van der Waals surface area contributed by atoms with Crippen molar-refractivity contribution in [3.63, 3.8) is 0 Å². The lowest BCUT2D eigenvalue weighted by Crippen LogP contribution is -2.65. The fourth-order valence-electron chi connectivity index (χ4n) is 6.98. The zero-order valence-corrected chi connectivity index (χ0v) is 27.7. The molecule has 0 saturated carbocycles. The Morgan fingerprint density at radius 3 is 1.49 bits per heavy atom. The average molecular weight is 619 g/mol. The first-order valence-electron chi connectivity index (χ1n) is 16.3. The molecule has 9 nitrogen and oxygen atoms in total. The van der Waals surface area contributed by atoms with Crippen molar-refractivity contribution < 1.29 is 23.9 Å². The molecule has 4 saturated heterocycles. The summed E-state index contributed by atoms with van der Waals surface area (Å²) in [7, 11) is 0. The van der Waals surface area contributed by atoms with Crippen LogP contribution in [0.1, 0.15) is 90.4 Å². The van der Waals surface area contributed by atoms with E-state index < -0.39 is 11.2 Å². The van der Waals surface area contributed by atoms with Gasteiger partial charge >= 0.3 is 12.2 Å². The van der Waals surface area contributed by atoms with E-state index >= 15 is 0 Å². The van der Waals surface area contributed by atoms with Crippen LogP contribution < -0.4 is 10.6 Å². The quantitative estimate of drug-likeness (QED) is 0.388. The lowest BCUT2D eigenvalue weighted by atomic mass is 9.64. The summed E-state index contributed by atoms with van der Waals surface area (Å²) in [5.41, 5.74) is 1.51. The number of piperidine rings is 2. The summed E-state index contributed by atoms with van der Waals surface area (Å²) in [5, 5.41) is 6.60. The van der Waals surface area contributed by atoms with Gasteiger partial charge in [0, 0.05) is 44.2 Å². The van der Waals surface area contributed by atoms with Crippen molar-refractivity contribution in [2.24, 2.45) is 10.8 Å². The second kappa shape index (κ2) is 12.7. The van der Waals surface area contributed by atoms with Gasteiger partial charge in [-0.15, -0.1) is 0 Å². The fourth-order valence-corrected chi connectivity index (χ4v) is 6.98. The molecular weight excluding hydrogens is 568 g/mol. The molecule has 2 spiro atoms. The maximum atomic E-state index is 12.3.